The van der Waals surface area contributed by atoms with Crippen LogP contribution in [0.1, 0.15) is 6.92 Å². The van der Waals surface area contributed by atoms with E-state index in [9.17, 15) is 4.79 Å². The summed E-state index contributed by atoms with van der Waals surface area (Å²) in [5.74, 6) is -0.437. The highest BCUT2D eigenvalue weighted by Gasteiger charge is 2.12. The Morgan fingerprint density at radius 1 is 1.64 bits per heavy atom. The largest absolute Gasteiger partial charge is 0.396 e. The summed E-state index contributed by atoms with van der Waals surface area (Å²) in [5, 5.41) is 2.89. The zero-order valence-corrected chi connectivity index (χ0v) is 9.21. The van der Waals surface area contributed by atoms with Gasteiger partial charge in [0.2, 0.25) is 5.91 Å². The molecule has 1 amide bonds. The Kier molecular flexibility index (Phi) is 3.29. The van der Waals surface area contributed by atoms with Gasteiger partial charge in [-0.1, -0.05) is 0 Å². The molecule has 0 aliphatic heterocycles. The van der Waals surface area contributed by atoms with E-state index in [1.807, 2.05) is 0 Å². The Bertz CT molecular complexity index is 335. The van der Waals surface area contributed by atoms with Crippen molar-refractivity contribution in [2.75, 3.05) is 11.1 Å². The van der Waals surface area contributed by atoms with Gasteiger partial charge >= 0.3 is 0 Å². The van der Waals surface area contributed by atoms with Gasteiger partial charge in [-0.2, -0.15) is 0 Å². The number of carbonyl (C=O) groups excluding carboxylic acids is 1. The summed E-state index contributed by atoms with van der Waals surface area (Å²) in [6, 6.07) is -0.476. The van der Waals surface area contributed by atoms with Crippen LogP contribution in [0.2, 0.25) is 0 Å². The summed E-state index contributed by atoms with van der Waals surface area (Å²) < 4.78 is 0.700. The van der Waals surface area contributed by atoms with Gasteiger partial charge in [-0.05, 0) is 22.9 Å². The lowest BCUT2D eigenvalue weighted by molar-refractivity contribution is -0.118. The minimum atomic E-state index is -0.476. The average molecular weight is 259 g/mol. The van der Waals surface area contributed by atoms with Crippen LogP contribution in [-0.4, -0.2) is 16.9 Å². The minimum Gasteiger partial charge on any atom is -0.396 e. The van der Waals surface area contributed by atoms with E-state index < -0.39 is 11.9 Å². The van der Waals surface area contributed by atoms with Crippen molar-refractivity contribution >= 4 is 33.2 Å². The predicted molar refractivity (Wildman–Crippen MR) is 58.6 cm³/mol. The fourth-order valence-electron chi connectivity index (χ4n) is 0.890. The number of nitrogens with one attached hydrogen (secondary N) is 1. The van der Waals surface area contributed by atoms with Crippen molar-refractivity contribution in [1.82, 2.24) is 4.98 Å². The fraction of sp³-hybridized carbons (Fsp3) is 0.250. The number of primary amides is 1. The molecule has 0 aromatic carbocycles. The highest BCUT2D eigenvalue weighted by molar-refractivity contribution is 9.10. The SMILES string of the molecule is CC(Nc1c(N)cncc1Br)C(N)=O. The van der Waals surface area contributed by atoms with E-state index in [-0.39, 0.29) is 0 Å². The van der Waals surface area contributed by atoms with Gasteiger partial charge < -0.3 is 16.8 Å². The molecule has 0 radical (unpaired) electrons. The Hall–Kier alpha value is -1.30. The lowest BCUT2D eigenvalue weighted by Crippen LogP contribution is -2.32. The number of amides is 1. The molecule has 0 saturated heterocycles. The van der Waals surface area contributed by atoms with Crippen LogP contribution in [0.15, 0.2) is 16.9 Å². The lowest BCUT2D eigenvalue weighted by atomic mass is 10.2. The molecule has 0 saturated carbocycles. The normalized spacial score (nSPS) is 12.1. The molecule has 0 fully saturated rings. The van der Waals surface area contributed by atoms with E-state index in [4.69, 9.17) is 11.5 Å². The number of nitrogens with zero attached hydrogens (tertiary/aromatic N) is 1. The lowest BCUT2D eigenvalue weighted by Gasteiger charge is -2.14. The van der Waals surface area contributed by atoms with E-state index >= 15 is 0 Å². The molecule has 14 heavy (non-hydrogen) atoms. The summed E-state index contributed by atoms with van der Waals surface area (Å²) in [7, 11) is 0. The standard InChI is InChI=1S/C8H11BrN4O/c1-4(8(11)14)13-7-5(9)2-12-3-6(7)10/h2-4H,10H2,1H3,(H2,11,14)(H,12,13). The van der Waals surface area contributed by atoms with Crippen molar-refractivity contribution in [3.63, 3.8) is 0 Å². The zero-order valence-electron chi connectivity index (χ0n) is 7.62. The number of nitrogens with two attached hydrogens (primary N) is 2. The van der Waals surface area contributed by atoms with Gasteiger partial charge in [0.1, 0.15) is 6.04 Å². The first-order valence-corrected chi connectivity index (χ1v) is 4.76. The van der Waals surface area contributed by atoms with Gasteiger partial charge in [0.15, 0.2) is 0 Å². The number of pyridine rings is 1. The predicted octanol–water partition coefficient (Wildman–Crippen LogP) is 0.712. The maximum atomic E-state index is 10.8. The monoisotopic (exact) mass is 258 g/mol. The summed E-state index contributed by atoms with van der Waals surface area (Å²) >= 11 is 3.27. The number of aromatic nitrogens is 1. The number of hydrogen-bond donors (Lipinski definition) is 3. The maximum absolute atomic E-state index is 10.8. The molecule has 0 aliphatic carbocycles. The molecule has 76 valence electrons. The number of halogens is 1. The zero-order chi connectivity index (χ0) is 10.7. The van der Waals surface area contributed by atoms with Crippen LogP contribution >= 0.6 is 15.9 Å². The molecular weight excluding hydrogens is 248 g/mol. The number of carbonyl (C=O) groups is 1. The smallest absolute Gasteiger partial charge is 0.239 e. The first kappa shape index (κ1) is 10.8. The molecule has 1 atom stereocenters. The first-order valence-electron chi connectivity index (χ1n) is 3.97. The van der Waals surface area contributed by atoms with Crippen LogP contribution in [0.4, 0.5) is 11.4 Å². The molecule has 1 aromatic rings. The van der Waals surface area contributed by atoms with Crippen LogP contribution in [0, 0.1) is 0 Å². The van der Waals surface area contributed by atoms with E-state index in [0.29, 0.717) is 15.8 Å². The molecule has 0 spiro atoms. The van der Waals surface area contributed by atoms with Crippen molar-refractivity contribution in [3.8, 4) is 0 Å². The Morgan fingerprint density at radius 3 is 2.79 bits per heavy atom. The van der Waals surface area contributed by atoms with Gasteiger partial charge in [0.05, 0.1) is 22.0 Å². The fourth-order valence-corrected chi connectivity index (χ4v) is 1.35. The van der Waals surface area contributed by atoms with Crippen molar-refractivity contribution in [2.24, 2.45) is 5.73 Å². The van der Waals surface area contributed by atoms with Crippen LogP contribution in [-0.2, 0) is 4.79 Å². The molecule has 5 nitrogen and oxygen atoms in total. The van der Waals surface area contributed by atoms with Crippen molar-refractivity contribution < 1.29 is 4.79 Å². The molecular formula is C8H11BrN4O. The van der Waals surface area contributed by atoms with Crippen molar-refractivity contribution in [3.05, 3.63) is 16.9 Å². The molecule has 1 heterocycles. The highest BCUT2D eigenvalue weighted by atomic mass is 79.9. The van der Waals surface area contributed by atoms with Crippen molar-refractivity contribution in [1.29, 1.82) is 0 Å². The molecule has 0 bridgehead atoms. The van der Waals surface area contributed by atoms with Crippen LogP contribution < -0.4 is 16.8 Å². The Morgan fingerprint density at radius 2 is 2.29 bits per heavy atom. The van der Waals surface area contributed by atoms with E-state index in [1.54, 1.807) is 13.1 Å². The van der Waals surface area contributed by atoms with Crippen LogP contribution in [0.25, 0.3) is 0 Å². The maximum Gasteiger partial charge on any atom is 0.239 e. The summed E-state index contributed by atoms with van der Waals surface area (Å²) in [6.45, 7) is 1.66. The second kappa shape index (κ2) is 4.28. The first-order chi connectivity index (χ1) is 6.52. The summed E-state index contributed by atoms with van der Waals surface area (Å²) in [6.07, 6.45) is 3.09. The molecule has 1 rings (SSSR count). The van der Waals surface area contributed by atoms with Crippen LogP contribution in [0.3, 0.4) is 0 Å². The summed E-state index contributed by atoms with van der Waals surface area (Å²) in [5.41, 5.74) is 11.9. The van der Waals surface area contributed by atoms with Gasteiger partial charge in [-0.3, -0.25) is 9.78 Å². The quantitative estimate of drug-likeness (QED) is 0.745. The minimum absolute atomic E-state index is 0.437. The molecule has 0 aliphatic rings. The number of hydrogen-bond acceptors (Lipinski definition) is 4. The van der Waals surface area contributed by atoms with E-state index in [0.717, 1.165) is 0 Å². The number of rotatable bonds is 3. The molecule has 5 N–H and O–H groups in total. The van der Waals surface area contributed by atoms with Crippen LogP contribution in [0.5, 0.6) is 0 Å². The summed E-state index contributed by atoms with van der Waals surface area (Å²) in [4.78, 5) is 14.7. The third kappa shape index (κ3) is 2.35. The highest BCUT2D eigenvalue weighted by Crippen LogP contribution is 2.27. The molecule has 1 aromatic heterocycles. The topological polar surface area (TPSA) is 94.0 Å². The second-order valence-corrected chi connectivity index (χ2v) is 3.71. The van der Waals surface area contributed by atoms with Crippen molar-refractivity contribution in [2.45, 2.75) is 13.0 Å². The average Bonchev–Trinajstić information content (AvgIpc) is 2.11. The van der Waals surface area contributed by atoms with Gasteiger partial charge in [-0.25, -0.2) is 0 Å². The second-order valence-electron chi connectivity index (χ2n) is 2.85. The Balaban J connectivity index is 2.91. The van der Waals surface area contributed by atoms with E-state index in [2.05, 4.69) is 26.2 Å². The third-order valence-corrected chi connectivity index (χ3v) is 2.32. The third-order valence-electron chi connectivity index (χ3n) is 1.72. The molecule has 1 unspecified atom stereocenters. The number of nitrogen functional groups attached to an aromatic ring is 1. The molecule has 6 heteroatoms. The van der Waals surface area contributed by atoms with Gasteiger partial charge in [0.25, 0.3) is 0 Å². The van der Waals surface area contributed by atoms with Gasteiger partial charge in [0, 0.05) is 6.20 Å². The van der Waals surface area contributed by atoms with Gasteiger partial charge in [-0.15, -0.1) is 0 Å². The van der Waals surface area contributed by atoms with E-state index in [1.165, 1.54) is 6.20 Å². The Labute approximate surface area is 90.0 Å². The number of anilines is 2.